The first kappa shape index (κ1) is 15.0. The van der Waals surface area contributed by atoms with Gasteiger partial charge in [0.1, 0.15) is 0 Å². The summed E-state index contributed by atoms with van der Waals surface area (Å²) in [5, 5.41) is 8.65. The van der Waals surface area contributed by atoms with Crippen LogP contribution in [-0.4, -0.2) is 35.1 Å². The van der Waals surface area contributed by atoms with Crippen molar-refractivity contribution in [2.45, 2.75) is 45.1 Å². The second-order valence-electron chi connectivity index (χ2n) is 5.87. The highest BCUT2D eigenvalue weighted by atomic mass is 16.4. The molecule has 1 fully saturated rings. The molecule has 20 heavy (non-hydrogen) atoms. The zero-order valence-corrected chi connectivity index (χ0v) is 12.3. The Balaban J connectivity index is 1.74. The zero-order valence-electron chi connectivity index (χ0n) is 12.3. The molecule has 3 nitrogen and oxygen atoms in total. The van der Waals surface area contributed by atoms with Gasteiger partial charge < -0.3 is 10.0 Å². The first-order valence-electron chi connectivity index (χ1n) is 7.66. The molecule has 2 unspecified atom stereocenters. The minimum Gasteiger partial charge on any atom is -0.481 e. The quantitative estimate of drug-likeness (QED) is 0.777. The minimum absolute atomic E-state index is 0.301. The molecule has 1 heterocycles. The molecule has 2 atom stereocenters. The van der Waals surface area contributed by atoms with E-state index in [1.165, 1.54) is 12.0 Å². The summed E-state index contributed by atoms with van der Waals surface area (Å²) in [7, 11) is 0. The highest BCUT2D eigenvalue weighted by Gasteiger charge is 2.29. The van der Waals surface area contributed by atoms with Gasteiger partial charge in [-0.05, 0) is 57.2 Å². The second kappa shape index (κ2) is 7.44. The molecule has 0 amide bonds. The number of carbonyl (C=O) groups is 1. The lowest BCUT2D eigenvalue weighted by Crippen LogP contribution is -2.31. The molecule has 2 rings (SSSR count). The van der Waals surface area contributed by atoms with Gasteiger partial charge in [0.25, 0.3) is 0 Å². The normalized spacial score (nSPS) is 23.1. The Labute approximate surface area is 121 Å². The molecule has 110 valence electrons. The van der Waals surface area contributed by atoms with Crippen LogP contribution in [0.15, 0.2) is 30.3 Å². The Morgan fingerprint density at radius 3 is 2.75 bits per heavy atom. The van der Waals surface area contributed by atoms with Crippen LogP contribution in [0.1, 0.15) is 38.2 Å². The first-order chi connectivity index (χ1) is 9.66. The first-order valence-corrected chi connectivity index (χ1v) is 7.66. The molecule has 0 bridgehead atoms. The van der Waals surface area contributed by atoms with E-state index in [2.05, 4.69) is 42.2 Å². The third-order valence-electron chi connectivity index (χ3n) is 4.47. The van der Waals surface area contributed by atoms with Crippen molar-refractivity contribution in [3.63, 3.8) is 0 Å². The highest BCUT2D eigenvalue weighted by Crippen LogP contribution is 2.27. The van der Waals surface area contributed by atoms with Crippen LogP contribution in [0.5, 0.6) is 0 Å². The summed E-state index contributed by atoms with van der Waals surface area (Å²) in [6, 6.07) is 11.3. The number of likely N-dealkylation sites (tertiary alicyclic amines) is 1. The van der Waals surface area contributed by atoms with E-state index in [-0.39, 0.29) is 0 Å². The van der Waals surface area contributed by atoms with Crippen molar-refractivity contribution in [2.75, 3.05) is 13.1 Å². The molecule has 1 aliphatic rings. The summed E-state index contributed by atoms with van der Waals surface area (Å²) in [4.78, 5) is 13.0. The summed E-state index contributed by atoms with van der Waals surface area (Å²) in [5.74, 6) is 0.0540. The van der Waals surface area contributed by atoms with E-state index in [9.17, 15) is 4.79 Å². The second-order valence-corrected chi connectivity index (χ2v) is 5.87. The molecule has 1 aromatic rings. The van der Waals surface area contributed by atoms with Gasteiger partial charge in [0.2, 0.25) is 0 Å². The highest BCUT2D eigenvalue weighted by molar-refractivity contribution is 5.66. The maximum atomic E-state index is 10.5. The molecule has 1 saturated heterocycles. The van der Waals surface area contributed by atoms with E-state index in [0.29, 0.717) is 12.5 Å². The molecule has 1 aromatic carbocycles. The van der Waals surface area contributed by atoms with Crippen molar-refractivity contribution in [1.29, 1.82) is 0 Å². The fourth-order valence-corrected chi connectivity index (χ4v) is 3.17. The van der Waals surface area contributed by atoms with E-state index in [0.717, 1.165) is 38.3 Å². The average molecular weight is 275 g/mol. The molecule has 0 aromatic heterocycles. The fraction of sp³-hybridized carbons (Fsp3) is 0.588. The standard InChI is InChI=1S/C17H25NO2/c1-14-16(13-15-7-3-2-4-8-15)10-12-18(14)11-6-5-9-17(19)20/h2-4,7-8,14,16H,5-6,9-13H2,1H3,(H,19,20). The van der Waals surface area contributed by atoms with Gasteiger partial charge in [-0.25, -0.2) is 0 Å². The van der Waals surface area contributed by atoms with Gasteiger partial charge in [-0.15, -0.1) is 0 Å². The summed E-state index contributed by atoms with van der Waals surface area (Å²) in [5.41, 5.74) is 1.43. The molecule has 1 aliphatic heterocycles. The predicted molar refractivity (Wildman–Crippen MR) is 80.8 cm³/mol. The van der Waals surface area contributed by atoms with Gasteiger partial charge >= 0.3 is 5.97 Å². The largest absolute Gasteiger partial charge is 0.481 e. The van der Waals surface area contributed by atoms with Crippen molar-refractivity contribution in [3.05, 3.63) is 35.9 Å². The van der Waals surface area contributed by atoms with Crippen LogP contribution >= 0.6 is 0 Å². The molecular weight excluding hydrogens is 250 g/mol. The lowest BCUT2D eigenvalue weighted by atomic mass is 9.93. The van der Waals surface area contributed by atoms with Crippen LogP contribution in [0.2, 0.25) is 0 Å². The van der Waals surface area contributed by atoms with Crippen molar-refractivity contribution in [2.24, 2.45) is 5.92 Å². The van der Waals surface area contributed by atoms with E-state index >= 15 is 0 Å². The predicted octanol–water partition coefficient (Wildman–Crippen LogP) is 3.19. The summed E-state index contributed by atoms with van der Waals surface area (Å²) in [6.45, 7) is 4.52. The molecule has 0 aliphatic carbocycles. The molecule has 0 spiro atoms. The summed E-state index contributed by atoms with van der Waals surface area (Å²) < 4.78 is 0. The number of nitrogens with zero attached hydrogens (tertiary/aromatic N) is 1. The van der Waals surface area contributed by atoms with E-state index in [4.69, 9.17) is 5.11 Å². The molecule has 3 heteroatoms. The maximum Gasteiger partial charge on any atom is 0.303 e. The van der Waals surface area contributed by atoms with E-state index < -0.39 is 5.97 Å². The van der Waals surface area contributed by atoms with Crippen LogP contribution in [0.3, 0.4) is 0 Å². The van der Waals surface area contributed by atoms with Gasteiger partial charge in [-0.3, -0.25) is 4.79 Å². The van der Waals surface area contributed by atoms with E-state index in [1.54, 1.807) is 0 Å². The number of aliphatic carboxylic acids is 1. The molecule has 1 N–H and O–H groups in total. The van der Waals surface area contributed by atoms with Gasteiger partial charge in [0.15, 0.2) is 0 Å². The van der Waals surface area contributed by atoms with Crippen molar-refractivity contribution < 1.29 is 9.90 Å². The van der Waals surface area contributed by atoms with Gasteiger partial charge in [-0.2, -0.15) is 0 Å². The molecule has 0 saturated carbocycles. The van der Waals surface area contributed by atoms with Crippen LogP contribution in [0.4, 0.5) is 0 Å². The van der Waals surface area contributed by atoms with Crippen LogP contribution in [0.25, 0.3) is 0 Å². The number of hydrogen-bond acceptors (Lipinski definition) is 2. The third kappa shape index (κ3) is 4.34. The topological polar surface area (TPSA) is 40.5 Å². The Morgan fingerprint density at radius 2 is 2.05 bits per heavy atom. The average Bonchev–Trinajstić information content (AvgIpc) is 2.77. The smallest absolute Gasteiger partial charge is 0.303 e. The Hall–Kier alpha value is -1.35. The Kier molecular flexibility index (Phi) is 5.60. The summed E-state index contributed by atoms with van der Waals surface area (Å²) >= 11 is 0. The number of carboxylic acid groups (broad SMARTS) is 1. The number of benzene rings is 1. The van der Waals surface area contributed by atoms with Gasteiger partial charge in [-0.1, -0.05) is 30.3 Å². The van der Waals surface area contributed by atoms with Crippen molar-refractivity contribution in [1.82, 2.24) is 4.90 Å². The summed E-state index contributed by atoms with van der Waals surface area (Å²) in [6.07, 6.45) is 4.51. The third-order valence-corrected chi connectivity index (χ3v) is 4.47. The fourth-order valence-electron chi connectivity index (χ4n) is 3.17. The zero-order chi connectivity index (χ0) is 14.4. The number of hydrogen-bond donors (Lipinski definition) is 1. The lowest BCUT2D eigenvalue weighted by Gasteiger charge is -2.24. The van der Waals surface area contributed by atoms with Crippen molar-refractivity contribution >= 4 is 5.97 Å². The molecule has 0 radical (unpaired) electrons. The van der Waals surface area contributed by atoms with Gasteiger partial charge in [0, 0.05) is 12.5 Å². The lowest BCUT2D eigenvalue weighted by molar-refractivity contribution is -0.137. The number of rotatable bonds is 7. The number of unbranched alkanes of at least 4 members (excludes halogenated alkanes) is 1. The van der Waals surface area contributed by atoms with E-state index in [1.807, 2.05) is 0 Å². The Bertz CT molecular complexity index is 418. The maximum absolute atomic E-state index is 10.5. The Morgan fingerprint density at radius 1 is 1.30 bits per heavy atom. The van der Waals surface area contributed by atoms with Crippen LogP contribution in [0, 0.1) is 5.92 Å². The minimum atomic E-state index is -0.679. The van der Waals surface area contributed by atoms with Gasteiger partial charge in [0.05, 0.1) is 0 Å². The SMILES string of the molecule is CC1C(Cc2ccccc2)CCN1CCCCC(=O)O. The van der Waals surface area contributed by atoms with Crippen LogP contribution in [-0.2, 0) is 11.2 Å². The number of carboxylic acids is 1. The monoisotopic (exact) mass is 275 g/mol. The molecular formula is C17H25NO2. The van der Waals surface area contributed by atoms with Crippen molar-refractivity contribution in [3.8, 4) is 0 Å². The van der Waals surface area contributed by atoms with Crippen LogP contribution < -0.4 is 0 Å².